The minimum Gasteiger partial charge on any atom is -0.348 e. The van der Waals surface area contributed by atoms with Crippen LogP contribution < -0.4 is 10.2 Å². The molecule has 16 heavy (non-hydrogen) atoms. The molecular weight excluding hydrogens is 200 g/mol. The lowest BCUT2D eigenvalue weighted by molar-refractivity contribution is 0.377. The summed E-state index contributed by atoms with van der Waals surface area (Å²) in [5, 5.41) is 3.41. The highest BCUT2D eigenvalue weighted by Crippen LogP contribution is 2.23. The van der Waals surface area contributed by atoms with Gasteiger partial charge in [-0.2, -0.15) is 0 Å². The van der Waals surface area contributed by atoms with Crippen LogP contribution in [-0.2, 0) is 0 Å². The Morgan fingerprint density at radius 1 is 1.31 bits per heavy atom. The van der Waals surface area contributed by atoms with Gasteiger partial charge >= 0.3 is 0 Å². The van der Waals surface area contributed by atoms with E-state index in [-0.39, 0.29) is 5.54 Å². The fourth-order valence-electron chi connectivity index (χ4n) is 2.07. The van der Waals surface area contributed by atoms with Gasteiger partial charge in [0.05, 0.1) is 17.6 Å². The molecule has 0 radical (unpaired) electrons. The minimum absolute atomic E-state index is 0.106. The number of aromatic nitrogens is 2. The molecule has 1 aliphatic heterocycles. The first-order chi connectivity index (χ1) is 7.50. The third-order valence-electron chi connectivity index (χ3n) is 3.26. The van der Waals surface area contributed by atoms with Gasteiger partial charge in [-0.15, -0.1) is 0 Å². The van der Waals surface area contributed by atoms with E-state index in [1.807, 2.05) is 20.0 Å². The van der Waals surface area contributed by atoms with E-state index in [1.54, 1.807) is 0 Å². The van der Waals surface area contributed by atoms with Crippen LogP contribution in [0.15, 0.2) is 6.20 Å². The molecule has 0 saturated carbocycles. The lowest BCUT2D eigenvalue weighted by Gasteiger charge is -2.43. The number of rotatable bonds is 1. The summed E-state index contributed by atoms with van der Waals surface area (Å²) in [6.07, 6.45) is 1.88. The number of aryl methyl sites for hydroxylation is 2. The molecule has 1 saturated heterocycles. The first kappa shape index (κ1) is 11.3. The van der Waals surface area contributed by atoms with E-state index in [0.717, 1.165) is 36.8 Å². The first-order valence-electron chi connectivity index (χ1n) is 5.79. The molecule has 0 unspecified atom stereocenters. The summed E-state index contributed by atoms with van der Waals surface area (Å²) in [5.41, 5.74) is 2.14. The summed E-state index contributed by atoms with van der Waals surface area (Å²) in [7, 11) is 0. The highest BCUT2D eigenvalue weighted by atomic mass is 15.3. The van der Waals surface area contributed by atoms with E-state index in [0.29, 0.717) is 0 Å². The van der Waals surface area contributed by atoms with Gasteiger partial charge in [0.2, 0.25) is 0 Å². The predicted molar refractivity (Wildman–Crippen MR) is 65.8 cm³/mol. The van der Waals surface area contributed by atoms with Crippen molar-refractivity contribution in [2.45, 2.75) is 33.2 Å². The smallest absolute Gasteiger partial charge is 0.147 e. The van der Waals surface area contributed by atoms with Crippen LogP contribution in [-0.4, -0.2) is 35.1 Å². The van der Waals surface area contributed by atoms with Crippen LogP contribution >= 0.6 is 0 Å². The summed E-state index contributed by atoms with van der Waals surface area (Å²) in [4.78, 5) is 11.4. The molecule has 1 fully saturated rings. The van der Waals surface area contributed by atoms with Crippen LogP contribution in [0, 0.1) is 13.8 Å². The Morgan fingerprint density at radius 3 is 2.69 bits per heavy atom. The minimum atomic E-state index is 0.106. The van der Waals surface area contributed by atoms with Crippen LogP contribution in [0.3, 0.4) is 0 Å². The van der Waals surface area contributed by atoms with Crippen LogP contribution in [0.2, 0.25) is 0 Å². The number of anilines is 1. The third-order valence-corrected chi connectivity index (χ3v) is 3.26. The van der Waals surface area contributed by atoms with Crippen molar-refractivity contribution in [1.82, 2.24) is 15.3 Å². The SMILES string of the molecule is Cc1ncc(N2CCNCC2(C)C)nc1C. The van der Waals surface area contributed by atoms with Crippen molar-refractivity contribution in [3.8, 4) is 0 Å². The predicted octanol–water partition coefficient (Wildman–Crippen LogP) is 1.28. The highest BCUT2D eigenvalue weighted by molar-refractivity contribution is 5.42. The Kier molecular flexibility index (Phi) is 2.84. The molecule has 0 atom stereocenters. The summed E-state index contributed by atoms with van der Waals surface area (Å²) in [6, 6.07) is 0. The summed E-state index contributed by atoms with van der Waals surface area (Å²) in [5.74, 6) is 0.995. The normalized spacial score (nSPS) is 19.9. The van der Waals surface area contributed by atoms with E-state index in [2.05, 4.69) is 34.0 Å². The maximum absolute atomic E-state index is 4.63. The molecule has 0 amide bonds. The first-order valence-corrected chi connectivity index (χ1v) is 5.79. The Hall–Kier alpha value is -1.16. The Balaban J connectivity index is 2.31. The summed E-state index contributed by atoms with van der Waals surface area (Å²) in [6.45, 7) is 11.5. The second-order valence-corrected chi connectivity index (χ2v) is 5.04. The van der Waals surface area contributed by atoms with E-state index >= 15 is 0 Å². The molecule has 1 aromatic heterocycles. The van der Waals surface area contributed by atoms with Gasteiger partial charge in [0, 0.05) is 25.2 Å². The fraction of sp³-hybridized carbons (Fsp3) is 0.667. The van der Waals surface area contributed by atoms with Gasteiger partial charge in [-0.05, 0) is 27.7 Å². The Bertz CT molecular complexity index is 387. The topological polar surface area (TPSA) is 41.1 Å². The van der Waals surface area contributed by atoms with Crippen molar-refractivity contribution in [3.63, 3.8) is 0 Å². The number of nitrogens with zero attached hydrogens (tertiary/aromatic N) is 3. The molecule has 4 nitrogen and oxygen atoms in total. The second-order valence-electron chi connectivity index (χ2n) is 5.04. The van der Waals surface area contributed by atoms with Crippen molar-refractivity contribution >= 4 is 5.82 Å². The van der Waals surface area contributed by atoms with Crippen molar-refractivity contribution in [2.75, 3.05) is 24.5 Å². The van der Waals surface area contributed by atoms with Crippen molar-refractivity contribution in [2.24, 2.45) is 0 Å². The van der Waals surface area contributed by atoms with Gasteiger partial charge in [0.25, 0.3) is 0 Å². The average Bonchev–Trinajstić information content (AvgIpc) is 2.22. The van der Waals surface area contributed by atoms with E-state index in [1.165, 1.54) is 0 Å². The number of piperazine rings is 1. The van der Waals surface area contributed by atoms with Crippen molar-refractivity contribution in [3.05, 3.63) is 17.6 Å². The molecule has 2 rings (SSSR count). The van der Waals surface area contributed by atoms with Crippen LogP contribution in [0.4, 0.5) is 5.82 Å². The zero-order valence-electron chi connectivity index (χ0n) is 10.5. The van der Waals surface area contributed by atoms with Gasteiger partial charge < -0.3 is 10.2 Å². The Labute approximate surface area is 97.1 Å². The van der Waals surface area contributed by atoms with Crippen LogP contribution in [0.25, 0.3) is 0 Å². The van der Waals surface area contributed by atoms with Gasteiger partial charge in [-0.3, -0.25) is 4.98 Å². The van der Waals surface area contributed by atoms with Crippen LogP contribution in [0.5, 0.6) is 0 Å². The maximum Gasteiger partial charge on any atom is 0.147 e. The van der Waals surface area contributed by atoms with Crippen molar-refractivity contribution in [1.29, 1.82) is 0 Å². The molecule has 0 bridgehead atoms. The molecule has 1 N–H and O–H groups in total. The van der Waals surface area contributed by atoms with Gasteiger partial charge in [0.1, 0.15) is 5.82 Å². The number of nitrogens with one attached hydrogen (secondary N) is 1. The lowest BCUT2D eigenvalue weighted by atomic mass is 10.0. The molecule has 88 valence electrons. The molecule has 1 aromatic rings. The number of hydrogen-bond donors (Lipinski definition) is 1. The maximum atomic E-state index is 4.63. The zero-order chi connectivity index (χ0) is 11.8. The largest absolute Gasteiger partial charge is 0.348 e. The van der Waals surface area contributed by atoms with E-state index < -0.39 is 0 Å². The summed E-state index contributed by atoms with van der Waals surface area (Å²) >= 11 is 0. The van der Waals surface area contributed by atoms with Gasteiger partial charge in [0.15, 0.2) is 0 Å². The van der Waals surface area contributed by atoms with E-state index in [9.17, 15) is 0 Å². The monoisotopic (exact) mass is 220 g/mol. The molecule has 0 aromatic carbocycles. The van der Waals surface area contributed by atoms with Gasteiger partial charge in [-0.25, -0.2) is 4.98 Å². The quantitative estimate of drug-likeness (QED) is 0.774. The molecule has 4 heteroatoms. The highest BCUT2D eigenvalue weighted by Gasteiger charge is 2.30. The molecule has 0 aliphatic carbocycles. The molecule has 1 aliphatic rings. The van der Waals surface area contributed by atoms with Crippen molar-refractivity contribution < 1.29 is 0 Å². The third kappa shape index (κ3) is 2.02. The molecular formula is C12H20N4. The molecule has 0 spiro atoms. The molecule has 2 heterocycles. The fourth-order valence-corrected chi connectivity index (χ4v) is 2.07. The number of hydrogen-bond acceptors (Lipinski definition) is 4. The second kappa shape index (κ2) is 4.01. The zero-order valence-corrected chi connectivity index (χ0v) is 10.5. The van der Waals surface area contributed by atoms with Crippen LogP contribution in [0.1, 0.15) is 25.2 Å². The lowest BCUT2D eigenvalue weighted by Crippen LogP contribution is -2.58. The standard InChI is InChI=1S/C12H20N4/c1-9-10(2)15-11(7-14-9)16-6-5-13-8-12(16,3)4/h7,13H,5-6,8H2,1-4H3. The van der Waals surface area contributed by atoms with E-state index in [4.69, 9.17) is 0 Å². The van der Waals surface area contributed by atoms with Gasteiger partial charge in [-0.1, -0.05) is 0 Å². The summed E-state index contributed by atoms with van der Waals surface area (Å²) < 4.78 is 0. The average molecular weight is 220 g/mol. The Morgan fingerprint density at radius 2 is 2.06 bits per heavy atom.